The number of rotatable bonds is 6. The van der Waals surface area contributed by atoms with Crippen LogP contribution in [0.2, 0.25) is 0 Å². The van der Waals surface area contributed by atoms with E-state index in [-0.39, 0.29) is 19.1 Å². The van der Waals surface area contributed by atoms with Gasteiger partial charge in [0.05, 0.1) is 12.4 Å². The number of aliphatic hydroxyl groups is 1. The fourth-order valence-electron chi connectivity index (χ4n) is 2.12. The third-order valence-electron chi connectivity index (χ3n) is 3.30. The second kappa shape index (κ2) is 7.80. The molecule has 2 amide bonds. The van der Waals surface area contributed by atoms with E-state index in [1.165, 1.54) is 6.26 Å². The van der Waals surface area contributed by atoms with Crippen molar-refractivity contribution in [3.05, 3.63) is 24.2 Å². The van der Waals surface area contributed by atoms with Gasteiger partial charge in [0.15, 0.2) is 0 Å². The van der Waals surface area contributed by atoms with E-state index < -0.39 is 17.9 Å². The number of nitrogens with one attached hydrogen (secondary N) is 2. The molecule has 1 aliphatic rings. The fraction of sp³-hybridized carbons (Fsp3) is 0.571. The first-order valence-corrected chi connectivity index (χ1v) is 7.06. The summed E-state index contributed by atoms with van der Waals surface area (Å²) in [4.78, 5) is 23.1. The molecule has 2 heterocycles. The Bertz CT molecular complexity index is 454. The highest BCUT2D eigenvalue weighted by atomic mass is 16.5. The summed E-state index contributed by atoms with van der Waals surface area (Å²) in [6.07, 6.45) is 2.83. The van der Waals surface area contributed by atoms with E-state index in [1.807, 2.05) is 0 Å². The first kappa shape index (κ1) is 15.5. The van der Waals surface area contributed by atoms with E-state index in [1.54, 1.807) is 12.1 Å². The van der Waals surface area contributed by atoms with Gasteiger partial charge in [0, 0.05) is 19.7 Å². The Labute approximate surface area is 122 Å². The molecule has 3 N–H and O–H groups in total. The molecular formula is C14H20N2O5. The third-order valence-corrected chi connectivity index (χ3v) is 3.30. The Hall–Kier alpha value is -1.86. The fourth-order valence-corrected chi connectivity index (χ4v) is 2.12. The lowest BCUT2D eigenvalue weighted by Gasteiger charge is -2.11. The molecular weight excluding hydrogens is 276 g/mol. The van der Waals surface area contributed by atoms with E-state index in [0.717, 1.165) is 12.8 Å². The summed E-state index contributed by atoms with van der Waals surface area (Å²) in [5.41, 5.74) is 0. The first-order valence-electron chi connectivity index (χ1n) is 7.06. The average molecular weight is 296 g/mol. The van der Waals surface area contributed by atoms with E-state index in [2.05, 4.69) is 10.6 Å². The third kappa shape index (κ3) is 4.87. The molecule has 0 unspecified atom stereocenters. The molecule has 0 bridgehead atoms. The quantitative estimate of drug-likeness (QED) is 0.647. The summed E-state index contributed by atoms with van der Waals surface area (Å²) in [6, 6.07) is 3.33. The lowest BCUT2D eigenvalue weighted by atomic mass is 10.2. The standard InChI is InChI=1S/C14H20N2O5/c17-11(12-4-2-8-21-12)5-6-15-13(18)14(19)16-9-10-3-1-7-20-10/h2,4,8,10-11,17H,1,3,5-7,9H2,(H,15,18)(H,16,19)/t10-,11-/m0/s1. The second-order valence-corrected chi connectivity index (χ2v) is 4.92. The maximum Gasteiger partial charge on any atom is 0.309 e. The summed E-state index contributed by atoms with van der Waals surface area (Å²) < 4.78 is 10.4. The van der Waals surface area contributed by atoms with Crippen molar-refractivity contribution in [2.75, 3.05) is 19.7 Å². The summed E-state index contributed by atoms with van der Waals surface area (Å²) in [6.45, 7) is 1.24. The number of ether oxygens (including phenoxy) is 1. The van der Waals surface area contributed by atoms with Gasteiger partial charge in [0.2, 0.25) is 0 Å². The molecule has 1 saturated heterocycles. The number of hydrogen-bond donors (Lipinski definition) is 3. The average Bonchev–Trinajstić information content (AvgIpc) is 3.17. The number of carbonyl (C=O) groups is 2. The predicted octanol–water partition coefficient (Wildman–Crippen LogP) is 0.114. The Balaban J connectivity index is 1.60. The zero-order chi connectivity index (χ0) is 15.1. The Morgan fingerprint density at radius 1 is 1.38 bits per heavy atom. The maximum absolute atomic E-state index is 11.5. The Morgan fingerprint density at radius 3 is 2.86 bits per heavy atom. The van der Waals surface area contributed by atoms with Gasteiger partial charge in [-0.15, -0.1) is 0 Å². The van der Waals surface area contributed by atoms with E-state index in [0.29, 0.717) is 18.9 Å². The van der Waals surface area contributed by atoms with Crippen LogP contribution in [-0.2, 0) is 14.3 Å². The molecule has 0 saturated carbocycles. The predicted molar refractivity (Wildman–Crippen MR) is 73.3 cm³/mol. The van der Waals surface area contributed by atoms with Crippen molar-refractivity contribution >= 4 is 11.8 Å². The minimum absolute atomic E-state index is 0.00234. The monoisotopic (exact) mass is 296 g/mol. The van der Waals surface area contributed by atoms with Gasteiger partial charge in [0.25, 0.3) is 0 Å². The van der Waals surface area contributed by atoms with Crippen molar-refractivity contribution in [1.29, 1.82) is 0 Å². The van der Waals surface area contributed by atoms with Gasteiger partial charge in [-0.05, 0) is 31.4 Å². The molecule has 1 aromatic rings. The van der Waals surface area contributed by atoms with E-state index >= 15 is 0 Å². The molecule has 7 nitrogen and oxygen atoms in total. The molecule has 1 aliphatic heterocycles. The van der Waals surface area contributed by atoms with Crippen molar-refractivity contribution < 1.29 is 23.8 Å². The molecule has 0 aliphatic carbocycles. The zero-order valence-electron chi connectivity index (χ0n) is 11.7. The molecule has 21 heavy (non-hydrogen) atoms. The molecule has 7 heteroatoms. The van der Waals surface area contributed by atoms with Crippen molar-refractivity contribution in [2.45, 2.75) is 31.5 Å². The summed E-state index contributed by atoms with van der Waals surface area (Å²) in [5, 5.41) is 14.7. The summed E-state index contributed by atoms with van der Waals surface area (Å²) in [7, 11) is 0. The normalized spacial score (nSPS) is 19.2. The summed E-state index contributed by atoms with van der Waals surface area (Å²) in [5.74, 6) is -0.954. The molecule has 0 aromatic carbocycles. The van der Waals surface area contributed by atoms with Crippen molar-refractivity contribution in [2.24, 2.45) is 0 Å². The van der Waals surface area contributed by atoms with Gasteiger partial charge >= 0.3 is 11.8 Å². The van der Waals surface area contributed by atoms with E-state index in [9.17, 15) is 14.7 Å². The van der Waals surface area contributed by atoms with Gasteiger partial charge in [-0.25, -0.2) is 0 Å². The Kier molecular flexibility index (Phi) is 5.77. The molecule has 116 valence electrons. The van der Waals surface area contributed by atoms with Crippen LogP contribution >= 0.6 is 0 Å². The van der Waals surface area contributed by atoms with Crippen molar-refractivity contribution in [1.82, 2.24) is 10.6 Å². The Morgan fingerprint density at radius 2 is 2.19 bits per heavy atom. The van der Waals surface area contributed by atoms with Crippen LogP contribution < -0.4 is 10.6 Å². The zero-order valence-corrected chi connectivity index (χ0v) is 11.7. The van der Waals surface area contributed by atoms with Crippen LogP contribution in [0.15, 0.2) is 22.8 Å². The second-order valence-electron chi connectivity index (χ2n) is 4.92. The molecule has 1 aromatic heterocycles. The van der Waals surface area contributed by atoms with E-state index in [4.69, 9.17) is 9.15 Å². The lowest BCUT2D eigenvalue weighted by molar-refractivity contribution is -0.139. The summed E-state index contributed by atoms with van der Waals surface area (Å²) >= 11 is 0. The molecule has 0 radical (unpaired) electrons. The maximum atomic E-state index is 11.5. The van der Waals surface area contributed by atoms with Crippen LogP contribution in [0.3, 0.4) is 0 Å². The lowest BCUT2D eigenvalue weighted by Crippen LogP contribution is -2.43. The highest BCUT2D eigenvalue weighted by Crippen LogP contribution is 2.15. The number of carbonyl (C=O) groups excluding carboxylic acids is 2. The first-order chi connectivity index (χ1) is 10.2. The number of furan rings is 1. The minimum atomic E-state index is -0.796. The topological polar surface area (TPSA) is 101 Å². The van der Waals surface area contributed by atoms with Gasteiger partial charge < -0.3 is 24.9 Å². The highest BCUT2D eigenvalue weighted by Gasteiger charge is 2.19. The van der Waals surface area contributed by atoms with Crippen molar-refractivity contribution in [3.8, 4) is 0 Å². The van der Waals surface area contributed by atoms with Crippen LogP contribution in [0.5, 0.6) is 0 Å². The van der Waals surface area contributed by atoms with Gasteiger partial charge in [-0.1, -0.05) is 0 Å². The van der Waals surface area contributed by atoms with Crippen LogP contribution in [0.1, 0.15) is 31.1 Å². The number of aliphatic hydroxyl groups excluding tert-OH is 1. The van der Waals surface area contributed by atoms with Gasteiger partial charge in [-0.3, -0.25) is 9.59 Å². The molecule has 2 atom stereocenters. The van der Waals surface area contributed by atoms with Crippen LogP contribution in [0.25, 0.3) is 0 Å². The van der Waals surface area contributed by atoms with Gasteiger partial charge in [-0.2, -0.15) is 0 Å². The highest BCUT2D eigenvalue weighted by molar-refractivity contribution is 6.35. The minimum Gasteiger partial charge on any atom is -0.467 e. The SMILES string of the molecule is O=C(NCC[C@H](O)c1ccco1)C(=O)NC[C@@H]1CCCO1. The van der Waals surface area contributed by atoms with Crippen molar-refractivity contribution in [3.63, 3.8) is 0 Å². The number of amides is 2. The smallest absolute Gasteiger partial charge is 0.309 e. The van der Waals surface area contributed by atoms with Crippen LogP contribution in [-0.4, -0.2) is 42.7 Å². The van der Waals surface area contributed by atoms with Gasteiger partial charge in [0.1, 0.15) is 11.9 Å². The van der Waals surface area contributed by atoms with Crippen LogP contribution in [0.4, 0.5) is 0 Å². The van der Waals surface area contributed by atoms with Crippen LogP contribution in [0, 0.1) is 0 Å². The molecule has 2 rings (SSSR count). The molecule has 0 spiro atoms. The largest absolute Gasteiger partial charge is 0.467 e. The number of hydrogen-bond acceptors (Lipinski definition) is 5. The molecule has 1 fully saturated rings.